The van der Waals surface area contributed by atoms with Crippen LogP contribution in [0.25, 0.3) is 0 Å². The molecule has 1 aromatic rings. The predicted molar refractivity (Wildman–Crippen MR) is 72.3 cm³/mol. The fourth-order valence-corrected chi connectivity index (χ4v) is 3.21. The zero-order chi connectivity index (χ0) is 16.7. The molecule has 0 saturated carbocycles. The third-order valence-corrected chi connectivity index (χ3v) is 4.45. The molecule has 6 nitrogen and oxygen atoms in total. The summed E-state index contributed by atoms with van der Waals surface area (Å²) in [6.07, 6.45) is -2.09. The van der Waals surface area contributed by atoms with Crippen LogP contribution >= 0.6 is 0 Å². The number of aromatic nitrogens is 2. The first kappa shape index (κ1) is 16.3. The van der Waals surface area contributed by atoms with E-state index in [4.69, 9.17) is 4.74 Å². The molecule has 3 rings (SSSR count). The summed E-state index contributed by atoms with van der Waals surface area (Å²) in [5, 5.41) is 13.5. The van der Waals surface area contributed by atoms with Crippen LogP contribution in [-0.4, -0.2) is 57.1 Å². The molecule has 2 atom stereocenters. The standard InChI is InChI=1S/C14H18F3N3O3/c15-14(16,17)10-2-6-20(18-10)8-12(22)19-5-3-11(21)13(9-19)4-1-7-23-13/h2,6,11,21H,1,3-5,7-9H2/t11-,13-/m0/s1. The Labute approximate surface area is 130 Å². The number of ether oxygens (including phenoxy) is 1. The van der Waals surface area contributed by atoms with Crippen LogP contribution in [0.1, 0.15) is 25.0 Å². The summed E-state index contributed by atoms with van der Waals surface area (Å²) in [5.41, 5.74) is -1.75. The molecule has 0 aliphatic carbocycles. The Balaban J connectivity index is 1.65. The summed E-state index contributed by atoms with van der Waals surface area (Å²) in [4.78, 5) is 13.9. The van der Waals surface area contributed by atoms with E-state index in [0.717, 1.165) is 23.4 Å². The number of hydrogen-bond acceptors (Lipinski definition) is 4. The van der Waals surface area contributed by atoms with Crippen LogP contribution in [0.4, 0.5) is 13.2 Å². The normalized spacial score (nSPS) is 28.5. The molecule has 3 heterocycles. The SMILES string of the molecule is O=C(Cn1ccc(C(F)(F)F)n1)N1CC[C@H](O)[C@]2(CCCO2)C1. The Bertz CT molecular complexity index is 581. The van der Waals surface area contributed by atoms with Gasteiger partial charge in [-0.25, -0.2) is 0 Å². The first-order valence-electron chi connectivity index (χ1n) is 7.51. The summed E-state index contributed by atoms with van der Waals surface area (Å²) in [6, 6.07) is 0.842. The second-order valence-electron chi connectivity index (χ2n) is 6.03. The van der Waals surface area contributed by atoms with Crippen molar-refractivity contribution in [1.29, 1.82) is 0 Å². The van der Waals surface area contributed by atoms with Crippen LogP contribution in [0.5, 0.6) is 0 Å². The number of hydrogen-bond donors (Lipinski definition) is 1. The number of aliphatic hydroxyl groups is 1. The minimum Gasteiger partial charge on any atom is -0.390 e. The highest BCUT2D eigenvalue weighted by molar-refractivity contribution is 5.76. The largest absolute Gasteiger partial charge is 0.435 e. The second-order valence-corrected chi connectivity index (χ2v) is 6.03. The smallest absolute Gasteiger partial charge is 0.390 e. The Kier molecular flexibility index (Phi) is 4.09. The fourth-order valence-electron chi connectivity index (χ4n) is 3.21. The molecular formula is C14H18F3N3O3. The van der Waals surface area contributed by atoms with Crippen LogP contribution in [0.15, 0.2) is 12.3 Å². The Morgan fingerprint density at radius 3 is 2.91 bits per heavy atom. The van der Waals surface area contributed by atoms with Crippen molar-refractivity contribution in [3.8, 4) is 0 Å². The fraction of sp³-hybridized carbons (Fsp3) is 0.714. The molecule has 23 heavy (non-hydrogen) atoms. The van der Waals surface area contributed by atoms with E-state index >= 15 is 0 Å². The van der Waals surface area contributed by atoms with Gasteiger partial charge in [0.05, 0.1) is 12.6 Å². The first-order valence-corrected chi connectivity index (χ1v) is 7.51. The number of piperidine rings is 1. The number of amides is 1. The first-order chi connectivity index (χ1) is 10.8. The van der Waals surface area contributed by atoms with Gasteiger partial charge in [-0.1, -0.05) is 0 Å². The van der Waals surface area contributed by atoms with Gasteiger partial charge in [-0.15, -0.1) is 0 Å². The Morgan fingerprint density at radius 2 is 2.30 bits per heavy atom. The van der Waals surface area contributed by atoms with Gasteiger partial charge in [0.1, 0.15) is 12.1 Å². The van der Waals surface area contributed by atoms with Crippen molar-refractivity contribution < 1.29 is 27.8 Å². The van der Waals surface area contributed by atoms with Crippen molar-refractivity contribution in [3.63, 3.8) is 0 Å². The molecule has 9 heteroatoms. The van der Waals surface area contributed by atoms with Crippen molar-refractivity contribution in [1.82, 2.24) is 14.7 Å². The second kappa shape index (κ2) is 5.79. The van der Waals surface area contributed by atoms with Gasteiger partial charge in [-0.05, 0) is 25.3 Å². The number of aliphatic hydroxyl groups excluding tert-OH is 1. The molecule has 0 aromatic carbocycles. The average molecular weight is 333 g/mol. The molecular weight excluding hydrogens is 315 g/mol. The van der Waals surface area contributed by atoms with Crippen molar-refractivity contribution in [2.45, 2.75) is 43.7 Å². The molecule has 1 aromatic heterocycles. The zero-order valence-electron chi connectivity index (χ0n) is 12.4. The highest BCUT2D eigenvalue weighted by Gasteiger charge is 2.47. The average Bonchev–Trinajstić information content (AvgIpc) is 3.11. The van der Waals surface area contributed by atoms with Gasteiger partial charge in [0.2, 0.25) is 5.91 Å². The van der Waals surface area contributed by atoms with Gasteiger partial charge in [-0.3, -0.25) is 9.48 Å². The van der Waals surface area contributed by atoms with Crippen LogP contribution < -0.4 is 0 Å². The van der Waals surface area contributed by atoms with E-state index in [1.165, 1.54) is 4.90 Å². The molecule has 2 aliphatic heterocycles. The van der Waals surface area contributed by atoms with E-state index < -0.39 is 23.6 Å². The van der Waals surface area contributed by atoms with Gasteiger partial charge < -0.3 is 14.7 Å². The monoisotopic (exact) mass is 333 g/mol. The van der Waals surface area contributed by atoms with Gasteiger partial charge in [0.25, 0.3) is 0 Å². The topological polar surface area (TPSA) is 67.6 Å². The molecule has 128 valence electrons. The lowest BCUT2D eigenvalue weighted by Crippen LogP contribution is -2.58. The Hall–Kier alpha value is -1.61. The van der Waals surface area contributed by atoms with Crippen molar-refractivity contribution in [3.05, 3.63) is 18.0 Å². The molecule has 0 bridgehead atoms. The molecule has 2 saturated heterocycles. The number of halogens is 3. The van der Waals surface area contributed by atoms with Gasteiger partial charge in [0.15, 0.2) is 5.69 Å². The molecule has 2 aliphatic rings. The molecule has 0 unspecified atom stereocenters. The third kappa shape index (κ3) is 3.20. The van der Waals surface area contributed by atoms with Crippen LogP contribution in [0, 0.1) is 0 Å². The van der Waals surface area contributed by atoms with Crippen molar-refractivity contribution in [2.75, 3.05) is 19.7 Å². The van der Waals surface area contributed by atoms with Crippen LogP contribution in [0.2, 0.25) is 0 Å². The summed E-state index contributed by atoms with van der Waals surface area (Å²) in [6.45, 7) is 0.911. The minimum absolute atomic E-state index is 0.262. The maximum absolute atomic E-state index is 12.5. The molecule has 2 fully saturated rings. The van der Waals surface area contributed by atoms with E-state index in [1.54, 1.807) is 0 Å². The van der Waals surface area contributed by atoms with Gasteiger partial charge in [0, 0.05) is 19.3 Å². The molecule has 1 N–H and O–H groups in total. The lowest BCUT2D eigenvalue weighted by Gasteiger charge is -2.43. The third-order valence-electron chi connectivity index (χ3n) is 4.45. The van der Waals surface area contributed by atoms with E-state index in [9.17, 15) is 23.1 Å². The zero-order valence-corrected chi connectivity index (χ0v) is 12.4. The molecule has 0 radical (unpaired) electrons. The lowest BCUT2D eigenvalue weighted by atomic mass is 9.87. The maximum Gasteiger partial charge on any atom is 0.435 e. The van der Waals surface area contributed by atoms with E-state index in [2.05, 4.69) is 5.10 Å². The Morgan fingerprint density at radius 1 is 1.52 bits per heavy atom. The highest BCUT2D eigenvalue weighted by atomic mass is 19.4. The highest BCUT2D eigenvalue weighted by Crippen LogP contribution is 2.35. The summed E-state index contributed by atoms with van der Waals surface area (Å²) < 4.78 is 44.2. The number of alkyl halides is 3. The number of nitrogens with zero attached hydrogens (tertiary/aromatic N) is 3. The molecule has 1 spiro atoms. The van der Waals surface area contributed by atoms with E-state index in [1.807, 2.05) is 0 Å². The maximum atomic E-state index is 12.5. The van der Waals surface area contributed by atoms with E-state index in [-0.39, 0.29) is 19.0 Å². The summed E-state index contributed by atoms with van der Waals surface area (Å²) in [5.74, 6) is -0.330. The lowest BCUT2D eigenvalue weighted by molar-refractivity contribution is -0.155. The van der Waals surface area contributed by atoms with Gasteiger partial charge in [-0.2, -0.15) is 18.3 Å². The number of likely N-dealkylation sites (tertiary alicyclic amines) is 1. The van der Waals surface area contributed by atoms with Crippen LogP contribution in [0.3, 0.4) is 0 Å². The number of carbonyl (C=O) groups is 1. The quantitative estimate of drug-likeness (QED) is 0.878. The number of carbonyl (C=O) groups excluding carboxylic acids is 1. The van der Waals surface area contributed by atoms with E-state index in [0.29, 0.717) is 26.0 Å². The van der Waals surface area contributed by atoms with Crippen molar-refractivity contribution in [2.24, 2.45) is 0 Å². The summed E-state index contributed by atoms with van der Waals surface area (Å²) in [7, 11) is 0. The predicted octanol–water partition coefficient (Wildman–Crippen LogP) is 1.04. The summed E-state index contributed by atoms with van der Waals surface area (Å²) >= 11 is 0. The molecule has 1 amide bonds. The van der Waals surface area contributed by atoms with Crippen LogP contribution in [-0.2, 0) is 22.3 Å². The minimum atomic E-state index is -4.52. The van der Waals surface area contributed by atoms with Crippen molar-refractivity contribution >= 4 is 5.91 Å². The van der Waals surface area contributed by atoms with Gasteiger partial charge >= 0.3 is 6.18 Å². The number of rotatable bonds is 2.